The molecule has 0 radical (unpaired) electrons. The molecule has 2 heterocycles. The van der Waals surface area contributed by atoms with Gasteiger partial charge in [-0.3, -0.25) is 14.3 Å². The molecule has 2 rings (SSSR count). The van der Waals surface area contributed by atoms with E-state index in [2.05, 4.69) is 4.98 Å². The summed E-state index contributed by atoms with van der Waals surface area (Å²) in [5.74, 6) is -0.191. The molecule has 9 nitrogen and oxygen atoms in total. The van der Waals surface area contributed by atoms with Crippen LogP contribution < -0.4 is 11.2 Å². The Kier molecular flexibility index (Phi) is 6.06. The monoisotopic (exact) mass is 325 g/mol. The van der Waals surface area contributed by atoms with E-state index in [0.717, 1.165) is 0 Å². The zero-order valence-corrected chi connectivity index (χ0v) is 12.7. The second kappa shape index (κ2) is 8.03. The number of rotatable bonds is 7. The molecule has 1 unspecified atom stereocenters. The lowest BCUT2D eigenvalue weighted by atomic mass is 10.0. The van der Waals surface area contributed by atoms with E-state index in [1.807, 2.05) is 13.0 Å². The van der Waals surface area contributed by atoms with Crippen LogP contribution in [0, 0.1) is 17.2 Å². The summed E-state index contributed by atoms with van der Waals surface area (Å²) in [7, 11) is 0. The van der Waals surface area contributed by atoms with E-state index in [9.17, 15) is 14.7 Å². The Labute approximate surface area is 132 Å². The van der Waals surface area contributed by atoms with Gasteiger partial charge >= 0.3 is 5.69 Å². The molecular formula is C14H19N3O6. The number of hydrogen-bond acceptors (Lipinski definition) is 7. The summed E-state index contributed by atoms with van der Waals surface area (Å²) >= 11 is 0. The second-order valence-electron chi connectivity index (χ2n) is 5.19. The maximum Gasteiger partial charge on any atom is 0.330 e. The molecule has 1 fully saturated rings. The third kappa shape index (κ3) is 4.05. The molecule has 0 bridgehead atoms. The molecule has 1 saturated heterocycles. The van der Waals surface area contributed by atoms with Gasteiger partial charge in [-0.2, -0.15) is 5.26 Å². The first-order valence-corrected chi connectivity index (χ1v) is 7.22. The number of H-pyrrole nitrogens is 1. The third-order valence-electron chi connectivity index (χ3n) is 3.71. The van der Waals surface area contributed by atoms with Crippen LogP contribution in [-0.2, 0) is 14.2 Å². The van der Waals surface area contributed by atoms with E-state index < -0.39 is 29.7 Å². The minimum atomic E-state index is -0.786. The molecule has 1 aromatic rings. The van der Waals surface area contributed by atoms with Crippen LogP contribution in [-0.4, -0.2) is 46.9 Å². The molecule has 1 aliphatic rings. The second-order valence-corrected chi connectivity index (χ2v) is 5.19. The van der Waals surface area contributed by atoms with Crippen LogP contribution in [0.3, 0.4) is 0 Å². The van der Waals surface area contributed by atoms with E-state index in [4.69, 9.17) is 19.5 Å². The molecule has 0 aromatic carbocycles. The lowest BCUT2D eigenvalue weighted by Gasteiger charge is -2.22. The fourth-order valence-electron chi connectivity index (χ4n) is 2.45. The summed E-state index contributed by atoms with van der Waals surface area (Å²) in [5.41, 5.74) is -1.12. The first kappa shape index (κ1) is 17.4. The van der Waals surface area contributed by atoms with Crippen molar-refractivity contribution >= 4 is 0 Å². The zero-order chi connectivity index (χ0) is 16.8. The number of aromatic amines is 1. The van der Waals surface area contributed by atoms with Crippen molar-refractivity contribution in [2.24, 2.45) is 5.92 Å². The number of aromatic nitrogens is 2. The van der Waals surface area contributed by atoms with E-state index in [1.54, 1.807) is 0 Å². The van der Waals surface area contributed by atoms with Gasteiger partial charge in [0.2, 0.25) is 0 Å². The van der Waals surface area contributed by atoms with Crippen molar-refractivity contribution in [3.63, 3.8) is 0 Å². The number of nitriles is 1. The van der Waals surface area contributed by atoms with Crippen molar-refractivity contribution in [1.82, 2.24) is 9.55 Å². The third-order valence-corrected chi connectivity index (χ3v) is 3.71. The Morgan fingerprint density at radius 3 is 2.96 bits per heavy atom. The van der Waals surface area contributed by atoms with Crippen LogP contribution in [0.2, 0.25) is 0 Å². The molecule has 0 saturated carbocycles. The van der Waals surface area contributed by atoms with E-state index >= 15 is 0 Å². The normalized spacial score (nSPS) is 27.0. The van der Waals surface area contributed by atoms with Gasteiger partial charge in [0.05, 0.1) is 31.8 Å². The predicted octanol–water partition coefficient (Wildman–Crippen LogP) is -0.665. The van der Waals surface area contributed by atoms with Crippen molar-refractivity contribution in [3.8, 4) is 6.07 Å². The maximum absolute atomic E-state index is 11.9. The van der Waals surface area contributed by atoms with Gasteiger partial charge < -0.3 is 19.3 Å². The lowest BCUT2D eigenvalue weighted by Crippen LogP contribution is -2.37. The highest BCUT2D eigenvalue weighted by Crippen LogP contribution is 2.34. The molecule has 4 atom stereocenters. The summed E-state index contributed by atoms with van der Waals surface area (Å²) < 4.78 is 17.7. The van der Waals surface area contributed by atoms with Gasteiger partial charge in [0, 0.05) is 18.2 Å². The van der Waals surface area contributed by atoms with E-state index in [0.29, 0.717) is 0 Å². The smallest absolute Gasteiger partial charge is 0.330 e. The minimum Gasteiger partial charge on any atom is -0.394 e. The lowest BCUT2D eigenvalue weighted by molar-refractivity contribution is -0.131. The molecule has 9 heteroatoms. The molecule has 23 heavy (non-hydrogen) atoms. The Morgan fingerprint density at radius 1 is 1.52 bits per heavy atom. The van der Waals surface area contributed by atoms with Crippen molar-refractivity contribution in [2.75, 3.05) is 20.0 Å². The van der Waals surface area contributed by atoms with Crippen LogP contribution >= 0.6 is 0 Å². The number of nitrogens with zero attached hydrogens (tertiary/aromatic N) is 2. The van der Waals surface area contributed by atoms with Gasteiger partial charge in [0.25, 0.3) is 5.56 Å². The van der Waals surface area contributed by atoms with Gasteiger partial charge in [-0.15, -0.1) is 0 Å². The van der Waals surface area contributed by atoms with Gasteiger partial charge in [-0.25, -0.2) is 4.79 Å². The summed E-state index contributed by atoms with van der Waals surface area (Å²) in [5, 5.41) is 17.8. The largest absolute Gasteiger partial charge is 0.394 e. The Hall–Kier alpha value is -1.99. The molecule has 0 amide bonds. The highest BCUT2D eigenvalue weighted by molar-refractivity contribution is 4.92. The van der Waals surface area contributed by atoms with Crippen molar-refractivity contribution in [3.05, 3.63) is 33.1 Å². The van der Waals surface area contributed by atoms with Crippen molar-refractivity contribution in [2.45, 2.75) is 31.8 Å². The Balaban J connectivity index is 2.13. The van der Waals surface area contributed by atoms with Crippen LogP contribution in [0.25, 0.3) is 0 Å². The number of ether oxygens (including phenoxy) is 3. The average molecular weight is 325 g/mol. The number of aliphatic hydroxyl groups is 1. The topological polar surface area (TPSA) is 127 Å². The molecule has 126 valence electrons. The summed E-state index contributed by atoms with van der Waals surface area (Å²) in [6.45, 7) is 1.79. The SMILES string of the molecule is CC1[C@@H](CO)O[C@@H](n2ccc(=O)[nH]c2=O)[C@H]1OCOCCC#N. The standard InChI is InChI=1S/C14H19N3O6/c1-9-10(7-18)23-13(12(9)22-8-21-6-2-4-15)17-5-3-11(19)16-14(17)20/h3,5,9-10,12-13,18H,2,6-8H2,1H3,(H,16,19,20)/t9?,10-,12+,13-/m1/s1. The minimum absolute atomic E-state index is 0.0627. The van der Waals surface area contributed by atoms with Gasteiger partial charge in [-0.1, -0.05) is 6.92 Å². The van der Waals surface area contributed by atoms with Crippen molar-refractivity contribution in [1.29, 1.82) is 5.26 Å². The van der Waals surface area contributed by atoms with Gasteiger partial charge in [0.1, 0.15) is 12.9 Å². The fourth-order valence-corrected chi connectivity index (χ4v) is 2.45. The van der Waals surface area contributed by atoms with Crippen LogP contribution in [0.1, 0.15) is 19.6 Å². The summed E-state index contributed by atoms with van der Waals surface area (Å²) in [6.07, 6.45) is -0.250. The molecule has 1 aromatic heterocycles. The molecule has 0 spiro atoms. The first-order chi connectivity index (χ1) is 11.1. The van der Waals surface area contributed by atoms with Crippen LogP contribution in [0.4, 0.5) is 0 Å². The number of hydrogen-bond donors (Lipinski definition) is 2. The van der Waals surface area contributed by atoms with Gasteiger partial charge in [-0.05, 0) is 0 Å². The average Bonchev–Trinajstić information content (AvgIpc) is 2.83. The van der Waals surface area contributed by atoms with Crippen LogP contribution in [0.5, 0.6) is 0 Å². The Morgan fingerprint density at radius 2 is 2.30 bits per heavy atom. The molecule has 1 aliphatic heterocycles. The summed E-state index contributed by atoms with van der Waals surface area (Å²) in [6, 6.07) is 3.16. The highest BCUT2D eigenvalue weighted by Gasteiger charge is 2.43. The van der Waals surface area contributed by atoms with Crippen LogP contribution in [0.15, 0.2) is 21.9 Å². The zero-order valence-electron chi connectivity index (χ0n) is 12.7. The maximum atomic E-state index is 11.9. The summed E-state index contributed by atoms with van der Waals surface area (Å²) in [4.78, 5) is 25.3. The van der Waals surface area contributed by atoms with E-state index in [-0.39, 0.29) is 32.3 Å². The quantitative estimate of drug-likeness (QED) is 0.503. The highest BCUT2D eigenvalue weighted by atomic mass is 16.7. The number of aliphatic hydroxyl groups excluding tert-OH is 1. The molecular weight excluding hydrogens is 306 g/mol. The van der Waals surface area contributed by atoms with Gasteiger partial charge in [0.15, 0.2) is 6.23 Å². The Bertz CT molecular complexity index is 663. The molecule has 0 aliphatic carbocycles. The predicted molar refractivity (Wildman–Crippen MR) is 77.4 cm³/mol. The first-order valence-electron chi connectivity index (χ1n) is 7.22. The molecule has 2 N–H and O–H groups in total. The van der Waals surface area contributed by atoms with E-state index in [1.165, 1.54) is 16.8 Å². The fraction of sp³-hybridized carbons (Fsp3) is 0.643. The number of nitrogens with one attached hydrogen (secondary N) is 1. The van der Waals surface area contributed by atoms with Crippen molar-refractivity contribution < 1.29 is 19.3 Å².